The van der Waals surface area contributed by atoms with Gasteiger partial charge in [-0.15, -0.1) is 0 Å². The number of halogens is 6. The maximum Gasteiger partial charge on any atom is 0.434 e. The quantitative estimate of drug-likeness (QED) is 0.372. The normalized spacial score (nSPS) is 15.5. The summed E-state index contributed by atoms with van der Waals surface area (Å²) in [7, 11) is 5.28. The van der Waals surface area contributed by atoms with Gasteiger partial charge in [0.2, 0.25) is 5.60 Å². The van der Waals surface area contributed by atoms with Gasteiger partial charge in [-0.3, -0.25) is 4.40 Å². The first kappa shape index (κ1) is 25.9. The van der Waals surface area contributed by atoms with E-state index >= 15 is 0 Å². The van der Waals surface area contributed by atoms with Crippen LogP contribution >= 0.6 is 0 Å². The van der Waals surface area contributed by atoms with E-state index in [0.29, 0.717) is 11.8 Å². The van der Waals surface area contributed by atoms with E-state index in [1.807, 2.05) is 0 Å². The van der Waals surface area contributed by atoms with Gasteiger partial charge in [0, 0.05) is 11.8 Å². The van der Waals surface area contributed by atoms with Gasteiger partial charge in [-0.1, -0.05) is 22.8 Å². The minimum atomic E-state index is -5.27. The first-order valence-corrected chi connectivity index (χ1v) is 10.1. The molecule has 0 aliphatic carbocycles. The lowest BCUT2D eigenvalue weighted by Crippen LogP contribution is -2.57. The van der Waals surface area contributed by atoms with Gasteiger partial charge >= 0.3 is 12.4 Å². The average Bonchev–Trinajstić information content (AvgIpc) is 3.08. The van der Waals surface area contributed by atoms with Crippen molar-refractivity contribution in [3.05, 3.63) is 47.4 Å². The number of aliphatic hydroxyl groups is 2. The highest BCUT2D eigenvalue weighted by Gasteiger charge is 2.63. The van der Waals surface area contributed by atoms with Crippen molar-refractivity contribution >= 4 is 35.0 Å². The van der Waals surface area contributed by atoms with E-state index in [4.69, 9.17) is 5.73 Å². The van der Waals surface area contributed by atoms with Gasteiger partial charge in [-0.2, -0.15) is 26.3 Å². The second-order valence-corrected chi connectivity index (χ2v) is 9.62. The highest BCUT2D eigenvalue weighted by molar-refractivity contribution is 6.59. The fourth-order valence-electron chi connectivity index (χ4n) is 3.85. The molecule has 15 heteroatoms. The van der Waals surface area contributed by atoms with E-state index in [9.17, 15) is 36.6 Å². The van der Waals surface area contributed by atoms with E-state index in [1.165, 1.54) is 12.3 Å². The zero-order chi connectivity index (χ0) is 26.1. The minimum Gasteiger partial charge on any atom is -0.387 e. The van der Waals surface area contributed by atoms with Crippen LogP contribution in [0.25, 0.3) is 16.9 Å². The molecule has 0 aliphatic rings. The van der Waals surface area contributed by atoms with E-state index in [-0.39, 0.29) is 16.9 Å². The van der Waals surface area contributed by atoms with Crippen LogP contribution in [-0.4, -0.2) is 59.9 Å². The Hall–Kier alpha value is -2.67. The van der Waals surface area contributed by atoms with Crippen molar-refractivity contribution < 1.29 is 36.6 Å². The molecule has 1 atom stereocenters. The van der Waals surface area contributed by atoms with Crippen LogP contribution in [-0.2, 0) is 16.9 Å². The number of alkyl halides is 6. The molecule has 0 saturated carbocycles. The second kappa shape index (κ2) is 7.67. The second-order valence-electron chi connectivity index (χ2n) is 9.62. The van der Waals surface area contributed by atoms with Crippen LogP contribution in [0.3, 0.4) is 0 Å². The summed E-state index contributed by atoms with van der Waals surface area (Å²) in [5.74, 6) is -0.516. The number of hydrogen-bond donors (Lipinski definition) is 3. The Bertz CT molecular complexity index is 1230. The number of nitrogen functional groups attached to an aromatic ring is 1. The number of nitrogens with two attached hydrogens (primary N) is 1. The summed E-state index contributed by atoms with van der Waals surface area (Å²) in [6.07, 6.45) is -8.29. The zero-order valence-corrected chi connectivity index (χ0v) is 19.0. The highest BCUT2D eigenvalue weighted by Crippen LogP contribution is 2.48. The number of imidazole rings is 1. The molecule has 1 aromatic carbocycles. The van der Waals surface area contributed by atoms with Crippen molar-refractivity contribution in [2.24, 2.45) is 0 Å². The molecule has 0 fully saturated rings. The third-order valence-electron chi connectivity index (χ3n) is 5.63. The molecule has 4 N–H and O–H groups in total. The van der Waals surface area contributed by atoms with Gasteiger partial charge in [-0.05, 0) is 25.5 Å². The summed E-state index contributed by atoms with van der Waals surface area (Å²) in [5.41, 5.74) is -2.25. The molecule has 0 amide bonds. The number of rotatable bonds is 4. The van der Waals surface area contributed by atoms with Gasteiger partial charge in [-0.25, -0.2) is 9.97 Å². The molecule has 3 rings (SSSR count). The van der Waals surface area contributed by atoms with E-state index in [1.54, 1.807) is 23.5 Å². The molecule has 3 aromatic rings. The van der Waals surface area contributed by atoms with Gasteiger partial charge in [0.25, 0.3) is 0 Å². The van der Waals surface area contributed by atoms with Crippen molar-refractivity contribution in [3.8, 4) is 11.3 Å². The number of anilines is 1. The molecule has 2 heterocycles. The van der Waals surface area contributed by atoms with Crippen LogP contribution in [0.4, 0.5) is 32.2 Å². The molecular formula is C19H21B3F6N4O2. The van der Waals surface area contributed by atoms with Crippen LogP contribution in [0.15, 0.2) is 30.6 Å². The maximum atomic E-state index is 14.0. The Morgan fingerprint density at radius 1 is 1.00 bits per heavy atom. The van der Waals surface area contributed by atoms with E-state index in [0.717, 1.165) is 30.4 Å². The van der Waals surface area contributed by atoms with Crippen LogP contribution in [0.2, 0.25) is 0 Å². The molecule has 6 nitrogen and oxygen atoms in total. The standard InChI is InChI=1S/C19H21B3F6N4O2/c1-15(2,33)16(34,19(26,27)28)8-3-4-10(17(20,21)22)9(5-8)11-6-30-14-13(29)31-12(7-32(11)14)18(23,24)25/h3-7,33-34H,20-22H2,1-2H3,(H2,29,31). The van der Waals surface area contributed by atoms with Crippen LogP contribution in [0, 0.1) is 0 Å². The molecule has 34 heavy (non-hydrogen) atoms. The van der Waals surface area contributed by atoms with Crippen molar-refractivity contribution in [2.75, 3.05) is 5.73 Å². The molecule has 0 spiro atoms. The number of benzene rings is 1. The lowest BCUT2D eigenvalue weighted by atomic mass is 9.39. The first-order valence-electron chi connectivity index (χ1n) is 10.1. The Morgan fingerprint density at radius 2 is 1.59 bits per heavy atom. The van der Waals surface area contributed by atoms with Gasteiger partial charge in [0.1, 0.15) is 5.60 Å². The van der Waals surface area contributed by atoms with E-state index < -0.39 is 45.7 Å². The largest absolute Gasteiger partial charge is 0.434 e. The van der Waals surface area contributed by atoms with Gasteiger partial charge in [0.15, 0.2) is 17.2 Å². The van der Waals surface area contributed by atoms with Crippen molar-refractivity contribution in [3.63, 3.8) is 0 Å². The molecule has 1 unspecified atom stereocenters. The summed E-state index contributed by atoms with van der Waals surface area (Å²) in [6.45, 7) is 1.63. The Labute approximate surface area is 193 Å². The van der Waals surface area contributed by atoms with Crippen LogP contribution in [0.5, 0.6) is 0 Å². The zero-order valence-electron chi connectivity index (χ0n) is 19.0. The van der Waals surface area contributed by atoms with Crippen molar-refractivity contribution in [1.82, 2.24) is 14.4 Å². The molecule has 2 aromatic heterocycles. The fourth-order valence-corrected chi connectivity index (χ4v) is 3.85. The summed E-state index contributed by atoms with van der Waals surface area (Å²) < 4.78 is 83.1. The molecule has 0 bridgehead atoms. The van der Waals surface area contributed by atoms with Crippen LogP contribution in [0.1, 0.15) is 30.7 Å². The lowest BCUT2D eigenvalue weighted by molar-refractivity contribution is -0.319. The van der Waals surface area contributed by atoms with Crippen molar-refractivity contribution in [2.45, 2.75) is 42.5 Å². The molecule has 0 radical (unpaired) electrons. The van der Waals surface area contributed by atoms with Gasteiger partial charge in [0.05, 0.1) is 35.4 Å². The minimum absolute atomic E-state index is 0.00152. The lowest BCUT2D eigenvalue weighted by Gasteiger charge is -2.41. The maximum absolute atomic E-state index is 14.0. The summed E-state index contributed by atoms with van der Waals surface area (Å²) >= 11 is 0. The first-order chi connectivity index (χ1) is 15.2. The SMILES string of the molecule is BC(B)(B)c1ccc(C(O)(C(C)(C)O)C(F)(F)F)cc1-c1cnc2c(N)nc(C(F)(F)F)cn12. The Kier molecular flexibility index (Phi) is 5.85. The Balaban J connectivity index is 2.43. The average molecular weight is 484 g/mol. The monoisotopic (exact) mass is 484 g/mol. The number of hydrogen-bond acceptors (Lipinski definition) is 5. The summed E-state index contributed by atoms with van der Waals surface area (Å²) in [5, 5.41) is 20.3. The Morgan fingerprint density at radius 3 is 2.06 bits per heavy atom. The summed E-state index contributed by atoms with van der Waals surface area (Å²) in [6, 6.07) is 3.37. The number of aromatic nitrogens is 3. The third kappa shape index (κ3) is 4.15. The molecule has 0 aliphatic heterocycles. The smallest absolute Gasteiger partial charge is 0.387 e. The third-order valence-corrected chi connectivity index (χ3v) is 5.63. The van der Waals surface area contributed by atoms with E-state index in [2.05, 4.69) is 9.97 Å². The predicted octanol–water partition coefficient (Wildman–Crippen LogP) is 0.528. The number of fused-ring (bicyclic) bond motifs is 1. The highest BCUT2D eigenvalue weighted by atomic mass is 19.4. The predicted molar refractivity (Wildman–Crippen MR) is 121 cm³/mol. The summed E-state index contributed by atoms with van der Waals surface area (Å²) in [4.78, 5) is 7.32. The molecule has 0 saturated heterocycles. The molecular weight excluding hydrogens is 463 g/mol. The fraction of sp³-hybridized carbons (Fsp3) is 0.368. The molecule has 180 valence electrons. The van der Waals surface area contributed by atoms with Gasteiger partial charge < -0.3 is 15.9 Å². The van der Waals surface area contributed by atoms with Crippen molar-refractivity contribution in [1.29, 1.82) is 0 Å². The number of nitrogens with zero attached hydrogens (tertiary/aromatic N) is 3. The topological polar surface area (TPSA) is 96.7 Å². The van der Waals surface area contributed by atoms with Crippen LogP contribution < -0.4 is 5.73 Å².